The first-order valence-electron chi connectivity index (χ1n) is 20.5. The molecular weight excluding hydrogens is 821 g/mol. The molecule has 6 rings (SSSR count). The lowest BCUT2D eigenvalue weighted by Gasteiger charge is -2.52. The molecule has 326 valence electrons. The maximum Gasteiger partial charge on any atom is 0.422 e. The fourth-order valence-electron chi connectivity index (χ4n) is 7.01. The highest BCUT2D eigenvalue weighted by Gasteiger charge is 2.59. The molecular formula is C49H56ClF3O7Si. The summed E-state index contributed by atoms with van der Waals surface area (Å²) in [6, 6.07) is 41.9. The number of alkyl halides is 3. The maximum atomic E-state index is 12.8. The molecule has 0 amide bonds. The summed E-state index contributed by atoms with van der Waals surface area (Å²) in [5.74, 6) is -1.46. The molecule has 0 spiro atoms. The quantitative estimate of drug-likeness (QED) is 0.0813. The van der Waals surface area contributed by atoms with Crippen molar-refractivity contribution >= 4 is 19.9 Å². The van der Waals surface area contributed by atoms with Crippen molar-refractivity contribution in [3.63, 3.8) is 0 Å². The monoisotopic (exact) mass is 876 g/mol. The molecule has 5 atom stereocenters. The third kappa shape index (κ3) is 12.3. The average Bonchev–Trinajstić information content (AvgIpc) is 3.24. The van der Waals surface area contributed by atoms with Crippen LogP contribution < -0.4 is 4.74 Å². The van der Waals surface area contributed by atoms with Crippen molar-refractivity contribution < 1.29 is 46.0 Å². The van der Waals surface area contributed by atoms with Crippen LogP contribution in [0.2, 0.25) is 23.2 Å². The van der Waals surface area contributed by atoms with Crippen LogP contribution in [0.1, 0.15) is 54.2 Å². The van der Waals surface area contributed by atoms with Gasteiger partial charge in [0.1, 0.15) is 30.2 Å². The second-order valence-corrected chi connectivity index (χ2v) is 22.1. The van der Waals surface area contributed by atoms with E-state index in [4.69, 9.17) is 44.4 Å². The molecule has 12 heteroatoms. The molecule has 5 aromatic carbocycles. The Morgan fingerprint density at radius 2 is 1.20 bits per heavy atom. The zero-order chi connectivity index (χ0) is 43.7. The van der Waals surface area contributed by atoms with Crippen LogP contribution in [0.4, 0.5) is 13.2 Å². The van der Waals surface area contributed by atoms with Gasteiger partial charge in [-0.25, -0.2) is 0 Å². The van der Waals surface area contributed by atoms with Gasteiger partial charge in [-0.2, -0.15) is 13.2 Å². The van der Waals surface area contributed by atoms with Crippen LogP contribution in [0.25, 0.3) is 0 Å². The van der Waals surface area contributed by atoms with Crippen molar-refractivity contribution in [2.75, 3.05) is 20.3 Å². The summed E-state index contributed by atoms with van der Waals surface area (Å²) in [4.78, 5) is 0. The van der Waals surface area contributed by atoms with Gasteiger partial charge >= 0.3 is 6.18 Å². The summed E-state index contributed by atoms with van der Waals surface area (Å²) in [5, 5.41) is 0.405. The van der Waals surface area contributed by atoms with Crippen molar-refractivity contribution in [2.24, 2.45) is 0 Å². The molecule has 1 saturated heterocycles. The smallest absolute Gasteiger partial charge is 0.422 e. The number of methoxy groups -OCH3 is 1. The molecule has 1 fully saturated rings. The normalized spacial score (nSPS) is 21.0. The number of rotatable bonds is 18. The highest BCUT2D eigenvalue weighted by Crippen LogP contribution is 2.46. The van der Waals surface area contributed by atoms with E-state index >= 15 is 0 Å². The predicted molar refractivity (Wildman–Crippen MR) is 234 cm³/mol. The van der Waals surface area contributed by atoms with E-state index in [1.165, 1.54) is 12.1 Å². The van der Waals surface area contributed by atoms with Crippen LogP contribution in [0.3, 0.4) is 0 Å². The molecule has 61 heavy (non-hydrogen) atoms. The second-order valence-electron chi connectivity index (χ2n) is 16.9. The number of halogens is 4. The van der Waals surface area contributed by atoms with Crippen LogP contribution in [0.15, 0.2) is 133 Å². The fourth-order valence-corrected chi connectivity index (χ4v) is 8.21. The molecule has 0 aromatic heterocycles. The van der Waals surface area contributed by atoms with E-state index in [-0.39, 0.29) is 37.2 Å². The molecule has 0 radical (unpaired) electrons. The second kappa shape index (κ2) is 20.4. The Morgan fingerprint density at radius 1 is 0.672 bits per heavy atom. The standard InChI is InChI=1S/C49H56ClF3O7Si/c1-47(2,3)61(5,6)59-33-43-44(55-30-36-16-10-7-11-17-36)45(56-31-37-18-12-8-13-19-37)46(57-32-38-20-14-9-15-21-38)49(54-4,60-43)40-24-27-42(50)39(29-40)28-35-22-25-41(26-23-35)58-34-48(51,52)53/h7-27,29,43-46H,28,30-34H2,1-6H3/t43-,44-,45+,46-,49+/m1/s1. The van der Waals surface area contributed by atoms with Crippen LogP contribution in [-0.4, -0.2) is 59.2 Å². The van der Waals surface area contributed by atoms with Gasteiger partial charge in [-0.3, -0.25) is 0 Å². The van der Waals surface area contributed by atoms with Gasteiger partial charge < -0.3 is 32.8 Å². The number of hydrogen-bond acceptors (Lipinski definition) is 7. The summed E-state index contributed by atoms with van der Waals surface area (Å²) in [6.07, 6.45) is -7.11. The molecule has 0 N–H and O–H groups in total. The zero-order valence-electron chi connectivity index (χ0n) is 35.6. The van der Waals surface area contributed by atoms with E-state index in [2.05, 4.69) is 33.9 Å². The highest BCUT2D eigenvalue weighted by molar-refractivity contribution is 6.74. The molecule has 0 unspecified atom stereocenters. The van der Waals surface area contributed by atoms with Crippen molar-refractivity contribution in [3.05, 3.63) is 172 Å². The summed E-state index contributed by atoms with van der Waals surface area (Å²) in [6.45, 7) is 10.6. The minimum atomic E-state index is -4.44. The summed E-state index contributed by atoms with van der Waals surface area (Å²) in [7, 11) is -0.724. The topological polar surface area (TPSA) is 64.6 Å². The van der Waals surface area contributed by atoms with Gasteiger partial charge in [-0.15, -0.1) is 0 Å². The molecule has 1 aliphatic heterocycles. The highest BCUT2D eigenvalue weighted by atomic mass is 35.5. The lowest BCUT2D eigenvalue weighted by Crippen LogP contribution is -2.66. The fraction of sp³-hybridized carbons (Fsp3) is 0.388. The van der Waals surface area contributed by atoms with Gasteiger partial charge in [0.15, 0.2) is 14.9 Å². The maximum absolute atomic E-state index is 12.8. The summed E-state index contributed by atoms with van der Waals surface area (Å²) < 4.78 is 85.2. The minimum absolute atomic E-state index is 0.0846. The van der Waals surface area contributed by atoms with Gasteiger partial charge in [-0.1, -0.05) is 142 Å². The van der Waals surface area contributed by atoms with E-state index < -0.39 is 51.3 Å². The molecule has 0 bridgehead atoms. The Labute approximate surface area is 364 Å². The van der Waals surface area contributed by atoms with Gasteiger partial charge in [0.25, 0.3) is 0 Å². The zero-order valence-corrected chi connectivity index (χ0v) is 37.4. The van der Waals surface area contributed by atoms with E-state index in [1.807, 2.05) is 103 Å². The molecule has 0 saturated carbocycles. The summed E-state index contributed by atoms with van der Waals surface area (Å²) in [5.41, 5.74) is 5.08. The first kappa shape index (κ1) is 46.5. The Bertz CT molecular complexity index is 2100. The van der Waals surface area contributed by atoms with Gasteiger partial charge in [0, 0.05) is 17.7 Å². The van der Waals surface area contributed by atoms with Gasteiger partial charge in [0.2, 0.25) is 5.79 Å². The van der Waals surface area contributed by atoms with E-state index in [0.29, 0.717) is 17.0 Å². The Hall–Kier alpha value is -4.04. The average molecular weight is 878 g/mol. The van der Waals surface area contributed by atoms with Crippen molar-refractivity contribution in [2.45, 2.75) is 102 Å². The van der Waals surface area contributed by atoms with E-state index in [0.717, 1.165) is 27.8 Å². The van der Waals surface area contributed by atoms with E-state index in [9.17, 15) is 13.2 Å². The van der Waals surface area contributed by atoms with Crippen LogP contribution >= 0.6 is 11.6 Å². The van der Waals surface area contributed by atoms with Crippen molar-refractivity contribution in [3.8, 4) is 5.75 Å². The molecule has 1 aliphatic rings. The lowest BCUT2D eigenvalue weighted by atomic mass is 9.86. The van der Waals surface area contributed by atoms with Crippen LogP contribution in [0, 0.1) is 0 Å². The van der Waals surface area contributed by atoms with Crippen LogP contribution in [-0.2, 0) is 60.1 Å². The minimum Gasteiger partial charge on any atom is -0.484 e. The SMILES string of the molecule is CO[C@@]1(c2ccc(Cl)c(Cc3ccc(OCC(F)(F)F)cc3)c2)O[C@H](CO[Si](C)(C)C(C)(C)C)[C@@H](OCc2ccccc2)[C@H](OCc2ccccc2)[C@H]1OCc1ccccc1. The lowest BCUT2D eigenvalue weighted by molar-refractivity contribution is -0.384. The van der Waals surface area contributed by atoms with Crippen LogP contribution in [0.5, 0.6) is 5.75 Å². The van der Waals surface area contributed by atoms with Gasteiger partial charge in [0.05, 0.1) is 26.4 Å². The summed E-state index contributed by atoms with van der Waals surface area (Å²) >= 11 is 6.90. The third-order valence-electron chi connectivity index (χ3n) is 11.4. The molecule has 5 aromatic rings. The first-order valence-corrected chi connectivity index (χ1v) is 23.8. The third-order valence-corrected chi connectivity index (χ3v) is 16.3. The van der Waals surface area contributed by atoms with Crippen molar-refractivity contribution in [1.82, 2.24) is 0 Å². The number of ether oxygens (including phenoxy) is 6. The molecule has 0 aliphatic carbocycles. The Kier molecular flexibility index (Phi) is 15.6. The largest absolute Gasteiger partial charge is 0.484 e. The Balaban J connectivity index is 1.44. The van der Waals surface area contributed by atoms with Crippen molar-refractivity contribution in [1.29, 1.82) is 0 Å². The Morgan fingerprint density at radius 3 is 1.70 bits per heavy atom. The molecule has 1 heterocycles. The first-order chi connectivity index (χ1) is 29.1. The van der Waals surface area contributed by atoms with E-state index in [1.54, 1.807) is 25.3 Å². The number of hydrogen-bond donors (Lipinski definition) is 0. The predicted octanol–water partition coefficient (Wildman–Crippen LogP) is 11.8. The molecule has 7 nitrogen and oxygen atoms in total. The number of benzene rings is 5. The van der Waals surface area contributed by atoms with Gasteiger partial charge in [-0.05, 0) is 76.6 Å².